The first kappa shape index (κ1) is 17.3. The highest BCUT2D eigenvalue weighted by atomic mass is 19.4. The van der Waals surface area contributed by atoms with E-state index in [0.717, 1.165) is 30.5 Å². The van der Waals surface area contributed by atoms with Crippen molar-refractivity contribution in [3.05, 3.63) is 59.4 Å². The van der Waals surface area contributed by atoms with Crippen LogP contribution >= 0.6 is 0 Å². The number of benzene rings is 2. The molecule has 0 heterocycles. The third-order valence-electron chi connectivity index (χ3n) is 3.93. The Morgan fingerprint density at radius 1 is 1.08 bits per heavy atom. The normalized spacial score (nSPS) is 14.2. The van der Waals surface area contributed by atoms with Crippen molar-refractivity contribution >= 4 is 17.3 Å². The molecule has 132 valence electrons. The summed E-state index contributed by atoms with van der Waals surface area (Å²) in [7, 11) is 0. The molecular formula is C18H16F4N2O. The van der Waals surface area contributed by atoms with E-state index < -0.39 is 17.6 Å². The standard InChI is InChI=1S/C18H16F4N2O/c19-13-5-8-16(15(9-13)18(20,21)22)24-14-6-1-11(2-7-14)10-23-17(25)12-3-4-12/h1-2,5-9,12,24H,3-4,10H2,(H,23,25). The van der Waals surface area contributed by atoms with E-state index in [9.17, 15) is 22.4 Å². The largest absolute Gasteiger partial charge is 0.418 e. The molecule has 0 radical (unpaired) electrons. The summed E-state index contributed by atoms with van der Waals surface area (Å²) in [6.45, 7) is 0.375. The first-order chi connectivity index (χ1) is 11.8. The number of amides is 1. The second-order valence-electron chi connectivity index (χ2n) is 6.00. The molecule has 0 aliphatic heterocycles. The minimum Gasteiger partial charge on any atom is -0.355 e. The molecule has 0 atom stereocenters. The predicted molar refractivity (Wildman–Crippen MR) is 85.7 cm³/mol. The van der Waals surface area contributed by atoms with Gasteiger partial charge in [-0.3, -0.25) is 4.79 Å². The minimum atomic E-state index is -4.66. The van der Waals surface area contributed by atoms with Crippen molar-refractivity contribution in [1.29, 1.82) is 0 Å². The van der Waals surface area contributed by atoms with Crippen LogP contribution in [0.2, 0.25) is 0 Å². The quantitative estimate of drug-likeness (QED) is 0.772. The Morgan fingerprint density at radius 3 is 2.36 bits per heavy atom. The van der Waals surface area contributed by atoms with Crippen LogP contribution in [0.5, 0.6) is 0 Å². The lowest BCUT2D eigenvalue weighted by Gasteiger charge is -2.15. The average Bonchev–Trinajstić information content (AvgIpc) is 3.39. The van der Waals surface area contributed by atoms with Crippen LogP contribution in [0.25, 0.3) is 0 Å². The van der Waals surface area contributed by atoms with Crippen LogP contribution in [0.4, 0.5) is 28.9 Å². The van der Waals surface area contributed by atoms with E-state index in [0.29, 0.717) is 18.3 Å². The Kier molecular flexibility index (Phi) is 4.65. The summed E-state index contributed by atoms with van der Waals surface area (Å²) in [6.07, 6.45) is -2.81. The fourth-order valence-corrected chi connectivity index (χ4v) is 2.40. The van der Waals surface area contributed by atoms with Gasteiger partial charge in [0.15, 0.2) is 0 Å². The van der Waals surface area contributed by atoms with Gasteiger partial charge in [-0.05, 0) is 48.7 Å². The van der Waals surface area contributed by atoms with Gasteiger partial charge in [-0.25, -0.2) is 4.39 Å². The van der Waals surface area contributed by atoms with Gasteiger partial charge in [0.05, 0.1) is 11.3 Å². The molecule has 0 bridgehead atoms. The van der Waals surface area contributed by atoms with Gasteiger partial charge in [0.2, 0.25) is 5.91 Å². The second kappa shape index (κ2) is 6.74. The topological polar surface area (TPSA) is 41.1 Å². The van der Waals surface area contributed by atoms with E-state index in [-0.39, 0.29) is 17.5 Å². The van der Waals surface area contributed by atoms with Gasteiger partial charge in [-0.15, -0.1) is 0 Å². The lowest BCUT2D eigenvalue weighted by molar-refractivity contribution is -0.137. The fourth-order valence-electron chi connectivity index (χ4n) is 2.40. The Labute approximate surface area is 142 Å². The number of hydrogen-bond acceptors (Lipinski definition) is 2. The molecule has 0 aromatic heterocycles. The smallest absolute Gasteiger partial charge is 0.355 e. The van der Waals surface area contributed by atoms with E-state index in [2.05, 4.69) is 10.6 Å². The highest BCUT2D eigenvalue weighted by Gasteiger charge is 2.34. The lowest BCUT2D eigenvalue weighted by Crippen LogP contribution is -2.24. The summed E-state index contributed by atoms with van der Waals surface area (Å²) in [5.41, 5.74) is 0.000961. The molecule has 3 nitrogen and oxygen atoms in total. The number of carbonyl (C=O) groups excluding carboxylic acids is 1. The summed E-state index contributed by atoms with van der Waals surface area (Å²) < 4.78 is 52.1. The van der Waals surface area contributed by atoms with Gasteiger partial charge >= 0.3 is 6.18 Å². The first-order valence-electron chi connectivity index (χ1n) is 7.83. The average molecular weight is 352 g/mol. The summed E-state index contributed by atoms with van der Waals surface area (Å²) in [5, 5.41) is 5.47. The van der Waals surface area contributed by atoms with Crippen LogP contribution in [0.15, 0.2) is 42.5 Å². The van der Waals surface area contributed by atoms with Crippen molar-refractivity contribution in [3.63, 3.8) is 0 Å². The molecule has 1 aliphatic carbocycles. The van der Waals surface area contributed by atoms with E-state index in [1.807, 2.05) is 0 Å². The highest BCUT2D eigenvalue weighted by Crippen LogP contribution is 2.36. The van der Waals surface area contributed by atoms with Crippen molar-refractivity contribution < 1.29 is 22.4 Å². The monoisotopic (exact) mass is 352 g/mol. The van der Waals surface area contributed by atoms with Crippen molar-refractivity contribution in [2.24, 2.45) is 5.92 Å². The summed E-state index contributed by atoms with van der Waals surface area (Å²) in [5.74, 6) is -0.789. The predicted octanol–water partition coefficient (Wildman–Crippen LogP) is 4.61. The van der Waals surface area contributed by atoms with Crippen LogP contribution in [-0.4, -0.2) is 5.91 Å². The molecule has 3 rings (SSSR count). The number of halogens is 4. The number of carbonyl (C=O) groups is 1. The van der Waals surface area contributed by atoms with E-state index in [1.54, 1.807) is 24.3 Å². The molecular weight excluding hydrogens is 336 g/mol. The number of hydrogen-bond donors (Lipinski definition) is 2. The van der Waals surface area contributed by atoms with Gasteiger partial charge < -0.3 is 10.6 Å². The number of anilines is 2. The Hall–Kier alpha value is -2.57. The molecule has 1 amide bonds. The Morgan fingerprint density at radius 2 is 1.76 bits per heavy atom. The molecule has 2 aromatic rings. The van der Waals surface area contributed by atoms with Crippen LogP contribution in [0.1, 0.15) is 24.0 Å². The maximum absolute atomic E-state index is 13.1. The molecule has 0 unspecified atom stereocenters. The van der Waals surface area contributed by atoms with Crippen LogP contribution in [0, 0.1) is 11.7 Å². The molecule has 1 fully saturated rings. The van der Waals surface area contributed by atoms with Gasteiger partial charge in [-0.2, -0.15) is 13.2 Å². The maximum atomic E-state index is 13.1. The molecule has 0 saturated heterocycles. The van der Waals surface area contributed by atoms with Gasteiger partial charge in [0, 0.05) is 18.2 Å². The van der Waals surface area contributed by atoms with E-state index in [4.69, 9.17) is 0 Å². The summed E-state index contributed by atoms with van der Waals surface area (Å²) in [6, 6.07) is 9.15. The molecule has 0 spiro atoms. The van der Waals surface area contributed by atoms with Crippen molar-refractivity contribution in [2.45, 2.75) is 25.6 Å². The molecule has 2 aromatic carbocycles. The summed E-state index contributed by atoms with van der Waals surface area (Å²) in [4.78, 5) is 11.6. The van der Waals surface area contributed by atoms with Crippen LogP contribution in [-0.2, 0) is 17.5 Å². The van der Waals surface area contributed by atoms with Gasteiger partial charge in [-0.1, -0.05) is 12.1 Å². The van der Waals surface area contributed by atoms with Crippen LogP contribution in [0.3, 0.4) is 0 Å². The van der Waals surface area contributed by atoms with Gasteiger partial charge in [0.25, 0.3) is 0 Å². The molecule has 1 saturated carbocycles. The zero-order valence-electron chi connectivity index (χ0n) is 13.2. The molecule has 25 heavy (non-hydrogen) atoms. The highest BCUT2D eigenvalue weighted by molar-refractivity contribution is 5.80. The Bertz CT molecular complexity index is 768. The zero-order valence-corrected chi connectivity index (χ0v) is 13.2. The minimum absolute atomic E-state index is 0.0309. The van der Waals surface area contributed by atoms with Crippen molar-refractivity contribution in [2.75, 3.05) is 5.32 Å². The fraction of sp³-hybridized carbons (Fsp3) is 0.278. The third-order valence-corrected chi connectivity index (χ3v) is 3.93. The Balaban J connectivity index is 1.68. The molecule has 2 N–H and O–H groups in total. The van der Waals surface area contributed by atoms with Crippen molar-refractivity contribution in [3.8, 4) is 0 Å². The zero-order chi connectivity index (χ0) is 18.0. The molecule has 7 heteroatoms. The van der Waals surface area contributed by atoms with Crippen molar-refractivity contribution in [1.82, 2.24) is 5.32 Å². The van der Waals surface area contributed by atoms with E-state index in [1.165, 1.54) is 0 Å². The SMILES string of the molecule is O=C(NCc1ccc(Nc2ccc(F)cc2C(F)(F)F)cc1)C1CC1. The van der Waals surface area contributed by atoms with Gasteiger partial charge in [0.1, 0.15) is 5.82 Å². The molecule has 1 aliphatic rings. The maximum Gasteiger partial charge on any atom is 0.418 e. The van der Waals surface area contributed by atoms with E-state index >= 15 is 0 Å². The van der Waals surface area contributed by atoms with Crippen LogP contribution < -0.4 is 10.6 Å². The first-order valence-corrected chi connectivity index (χ1v) is 7.83. The second-order valence-corrected chi connectivity index (χ2v) is 6.00. The lowest BCUT2D eigenvalue weighted by atomic mass is 10.1. The number of rotatable bonds is 5. The number of nitrogens with one attached hydrogen (secondary N) is 2. The summed E-state index contributed by atoms with van der Waals surface area (Å²) >= 11 is 0. The number of alkyl halides is 3. The third kappa shape index (κ3) is 4.49.